The van der Waals surface area contributed by atoms with E-state index in [-0.39, 0.29) is 13.0 Å². The van der Waals surface area contributed by atoms with Crippen LogP contribution >= 0.6 is 0 Å². The van der Waals surface area contributed by atoms with Gasteiger partial charge >= 0.3 is 5.97 Å². The van der Waals surface area contributed by atoms with Gasteiger partial charge in [0.2, 0.25) is 0 Å². The van der Waals surface area contributed by atoms with E-state index >= 15 is 0 Å². The summed E-state index contributed by atoms with van der Waals surface area (Å²) in [5.41, 5.74) is 3.12. The molecule has 1 unspecified atom stereocenters. The third-order valence-corrected chi connectivity index (χ3v) is 2.46. The molecule has 2 nitrogen and oxygen atoms in total. The monoisotopic (exact) mass is 230 g/mol. The van der Waals surface area contributed by atoms with Gasteiger partial charge < -0.3 is 4.74 Å². The van der Waals surface area contributed by atoms with Crippen LogP contribution in [0.3, 0.4) is 0 Å². The van der Waals surface area contributed by atoms with Gasteiger partial charge in [-0.15, -0.1) is 11.5 Å². The fourth-order valence-electron chi connectivity index (χ4n) is 0.877. The smallest absolute Gasteiger partial charge is 0.340 e. The summed E-state index contributed by atoms with van der Waals surface area (Å²) in [7, 11) is -1.37. The third-order valence-electron chi connectivity index (χ3n) is 1.53. The number of rotatable bonds is 4. The molecule has 0 fully saturated rings. The Labute approximate surface area is 92.2 Å². The average molecular weight is 230 g/mol. The Morgan fingerprint density at radius 2 is 2.07 bits per heavy atom. The van der Waals surface area contributed by atoms with Crippen molar-refractivity contribution in [2.24, 2.45) is 0 Å². The largest absolute Gasteiger partial charge is 0.464 e. The molecule has 0 saturated heterocycles. The first-order valence-corrected chi connectivity index (χ1v) is 8.67. The fraction of sp³-hybridized carbons (Fsp3) is 0.727. The molecule has 0 N–H and O–H groups in total. The molecule has 0 spiro atoms. The van der Waals surface area contributed by atoms with Crippen molar-refractivity contribution >= 4 is 14.0 Å². The highest BCUT2D eigenvalue weighted by atomic mass is 28.3. The SMILES string of the molecule is CCOC(=O)C(F)CCC#C[Si](C)(C)C. The predicted octanol–water partition coefficient (Wildman–Crippen LogP) is 2.55. The first-order chi connectivity index (χ1) is 6.87. The molecule has 4 heteroatoms. The van der Waals surface area contributed by atoms with Crippen molar-refractivity contribution in [1.82, 2.24) is 0 Å². The molecule has 0 bridgehead atoms. The average Bonchev–Trinajstić information content (AvgIpc) is 2.11. The highest BCUT2D eigenvalue weighted by Gasteiger charge is 2.17. The fourth-order valence-corrected chi connectivity index (χ4v) is 1.53. The highest BCUT2D eigenvalue weighted by Crippen LogP contribution is 2.04. The summed E-state index contributed by atoms with van der Waals surface area (Å²) in [5.74, 6) is 2.15. The summed E-state index contributed by atoms with van der Waals surface area (Å²) in [4.78, 5) is 10.9. The maximum absolute atomic E-state index is 13.1. The Bertz CT molecular complexity index is 260. The second-order valence-electron chi connectivity index (χ2n) is 4.31. The molecule has 0 radical (unpaired) electrons. The van der Waals surface area contributed by atoms with Crippen LogP contribution < -0.4 is 0 Å². The third kappa shape index (κ3) is 8.19. The number of carbonyl (C=O) groups excluding carboxylic acids is 1. The van der Waals surface area contributed by atoms with Crippen LogP contribution in [0.1, 0.15) is 19.8 Å². The van der Waals surface area contributed by atoms with E-state index < -0.39 is 20.2 Å². The topological polar surface area (TPSA) is 26.3 Å². The van der Waals surface area contributed by atoms with Crippen LogP contribution in [0.5, 0.6) is 0 Å². The number of hydrogen-bond donors (Lipinski definition) is 0. The van der Waals surface area contributed by atoms with Crippen LogP contribution in [-0.2, 0) is 9.53 Å². The molecule has 0 saturated carbocycles. The standard InChI is InChI=1S/C11H19FO2Si/c1-5-14-11(13)10(12)8-6-7-9-15(2,3)4/h10H,5-6,8H2,1-4H3. The molecule has 0 rings (SSSR count). The Hall–Kier alpha value is -0.823. The first-order valence-electron chi connectivity index (χ1n) is 5.17. The zero-order valence-electron chi connectivity index (χ0n) is 9.89. The van der Waals surface area contributed by atoms with Crippen LogP contribution in [0.15, 0.2) is 0 Å². The Morgan fingerprint density at radius 3 is 2.53 bits per heavy atom. The normalized spacial score (nSPS) is 12.6. The van der Waals surface area contributed by atoms with E-state index in [1.165, 1.54) is 0 Å². The second kappa shape index (κ2) is 6.62. The number of halogens is 1. The Morgan fingerprint density at radius 1 is 1.47 bits per heavy atom. The minimum atomic E-state index is -1.53. The van der Waals surface area contributed by atoms with Gasteiger partial charge in [0.25, 0.3) is 0 Å². The van der Waals surface area contributed by atoms with Crippen molar-refractivity contribution < 1.29 is 13.9 Å². The van der Waals surface area contributed by atoms with Gasteiger partial charge in [-0.05, 0) is 6.92 Å². The Kier molecular flexibility index (Phi) is 6.26. The maximum Gasteiger partial charge on any atom is 0.340 e. The zero-order valence-corrected chi connectivity index (χ0v) is 10.9. The van der Waals surface area contributed by atoms with Crippen molar-refractivity contribution in [2.75, 3.05) is 6.61 Å². The molecule has 0 aliphatic rings. The maximum atomic E-state index is 13.1. The van der Waals surface area contributed by atoms with Gasteiger partial charge in [0.15, 0.2) is 6.17 Å². The number of ether oxygens (including phenoxy) is 1. The van der Waals surface area contributed by atoms with Gasteiger partial charge in [-0.3, -0.25) is 0 Å². The molecular weight excluding hydrogens is 211 g/mol. The van der Waals surface area contributed by atoms with Gasteiger partial charge in [-0.25, -0.2) is 9.18 Å². The van der Waals surface area contributed by atoms with Crippen molar-refractivity contribution in [2.45, 2.75) is 45.6 Å². The van der Waals surface area contributed by atoms with E-state index in [4.69, 9.17) is 0 Å². The van der Waals surface area contributed by atoms with Crippen LogP contribution in [0.2, 0.25) is 19.6 Å². The molecule has 15 heavy (non-hydrogen) atoms. The van der Waals surface area contributed by atoms with E-state index in [0.29, 0.717) is 6.42 Å². The van der Waals surface area contributed by atoms with Crippen LogP contribution in [-0.4, -0.2) is 26.8 Å². The first kappa shape index (κ1) is 14.2. The quantitative estimate of drug-likeness (QED) is 0.421. The van der Waals surface area contributed by atoms with Crippen LogP contribution in [0, 0.1) is 11.5 Å². The van der Waals surface area contributed by atoms with E-state index in [0.717, 1.165) is 0 Å². The number of esters is 1. The molecule has 0 amide bonds. The summed E-state index contributed by atoms with van der Waals surface area (Å²) < 4.78 is 17.6. The van der Waals surface area contributed by atoms with Crippen molar-refractivity contribution in [3.05, 3.63) is 0 Å². The molecule has 0 heterocycles. The summed E-state index contributed by atoms with van der Waals surface area (Å²) in [5, 5.41) is 0. The van der Waals surface area contributed by atoms with Crippen molar-refractivity contribution in [3.63, 3.8) is 0 Å². The zero-order chi connectivity index (χ0) is 11.9. The van der Waals surface area contributed by atoms with E-state index in [2.05, 4.69) is 35.8 Å². The molecule has 1 atom stereocenters. The molecular formula is C11H19FO2Si. The van der Waals surface area contributed by atoms with Crippen LogP contribution in [0.25, 0.3) is 0 Å². The lowest BCUT2D eigenvalue weighted by molar-refractivity contribution is -0.149. The van der Waals surface area contributed by atoms with E-state index in [1.54, 1.807) is 6.92 Å². The molecule has 0 aliphatic heterocycles. The van der Waals surface area contributed by atoms with E-state index in [1.807, 2.05) is 0 Å². The van der Waals surface area contributed by atoms with Crippen molar-refractivity contribution in [3.8, 4) is 11.5 Å². The molecule has 0 aromatic carbocycles. The molecule has 0 aromatic rings. The van der Waals surface area contributed by atoms with Gasteiger partial charge in [-0.2, -0.15) is 0 Å². The second-order valence-corrected chi connectivity index (χ2v) is 9.06. The lowest BCUT2D eigenvalue weighted by Gasteiger charge is -2.05. The minimum Gasteiger partial charge on any atom is -0.464 e. The predicted molar refractivity (Wildman–Crippen MR) is 61.9 cm³/mol. The summed E-state index contributed by atoms with van der Waals surface area (Å²) in [6.45, 7) is 8.25. The van der Waals surface area contributed by atoms with Crippen molar-refractivity contribution in [1.29, 1.82) is 0 Å². The molecule has 0 aliphatic carbocycles. The number of hydrogen-bond acceptors (Lipinski definition) is 2. The lowest BCUT2D eigenvalue weighted by Crippen LogP contribution is -2.19. The summed E-state index contributed by atoms with van der Waals surface area (Å²) in [6.07, 6.45) is -0.971. The number of alkyl halides is 1. The summed E-state index contributed by atoms with van der Waals surface area (Å²) >= 11 is 0. The number of carbonyl (C=O) groups is 1. The molecule has 86 valence electrons. The van der Waals surface area contributed by atoms with Gasteiger partial charge in [0.05, 0.1) is 6.61 Å². The van der Waals surface area contributed by atoms with Gasteiger partial charge in [0, 0.05) is 12.8 Å². The lowest BCUT2D eigenvalue weighted by atomic mass is 10.2. The molecule has 0 aromatic heterocycles. The van der Waals surface area contributed by atoms with E-state index in [9.17, 15) is 9.18 Å². The minimum absolute atomic E-state index is 0.135. The van der Waals surface area contributed by atoms with Gasteiger partial charge in [-0.1, -0.05) is 19.6 Å². The highest BCUT2D eigenvalue weighted by molar-refractivity contribution is 6.83. The van der Waals surface area contributed by atoms with Crippen LogP contribution in [0.4, 0.5) is 4.39 Å². The summed E-state index contributed by atoms with van der Waals surface area (Å²) in [6, 6.07) is 0. The van der Waals surface area contributed by atoms with Gasteiger partial charge in [0.1, 0.15) is 8.07 Å². The Balaban J connectivity index is 3.85.